The summed E-state index contributed by atoms with van der Waals surface area (Å²) in [5.41, 5.74) is 10.9. The molecule has 1 aliphatic carbocycles. The van der Waals surface area contributed by atoms with E-state index in [0.717, 1.165) is 42.6 Å². The average molecular weight is 385 g/mol. The Kier molecular flexibility index (Phi) is 4.29. The van der Waals surface area contributed by atoms with Crippen LogP contribution in [0, 0.1) is 16.7 Å². The van der Waals surface area contributed by atoms with E-state index in [1.54, 1.807) is 18.5 Å². The molecule has 0 atom stereocenters. The third-order valence-electron chi connectivity index (χ3n) is 6.46. The number of nitrogens with zero attached hydrogens (tertiary/aromatic N) is 4. The van der Waals surface area contributed by atoms with Gasteiger partial charge in [-0.05, 0) is 62.2 Å². The number of H-pyrrole nitrogens is 1. The van der Waals surface area contributed by atoms with E-state index in [0.29, 0.717) is 28.1 Å². The molecule has 0 unspecified atom stereocenters. The van der Waals surface area contributed by atoms with Gasteiger partial charge in [-0.3, -0.25) is 0 Å². The number of aromatic amines is 1. The second kappa shape index (κ2) is 6.98. The summed E-state index contributed by atoms with van der Waals surface area (Å²) in [5, 5.41) is 13.8. The summed E-state index contributed by atoms with van der Waals surface area (Å²) in [6, 6.07) is 4.01. The number of pyridine rings is 1. The van der Waals surface area contributed by atoms with Gasteiger partial charge in [0.25, 0.3) is 0 Å². The minimum Gasteiger partial charge on any atom is -0.383 e. The van der Waals surface area contributed by atoms with E-state index in [9.17, 15) is 5.26 Å². The maximum Gasteiger partial charge on any atom is 0.162 e. The number of fused-ring (bicyclic) bond motifs is 1. The maximum absolute atomic E-state index is 9.57. The smallest absolute Gasteiger partial charge is 0.162 e. The highest BCUT2D eigenvalue weighted by atomic mass is 14.9. The monoisotopic (exact) mass is 385 g/mol. The largest absolute Gasteiger partial charge is 0.383 e. The second-order valence-corrected chi connectivity index (χ2v) is 8.05. The molecule has 4 N–H and O–H groups in total. The fourth-order valence-corrected chi connectivity index (χ4v) is 4.78. The first-order valence-corrected chi connectivity index (χ1v) is 10.1. The average Bonchev–Trinajstić information content (AvgIpc) is 3.17. The van der Waals surface area contributed by atoms with Gasteiger partial charge in [0, 0.05) is 18.6 Å². The van der Waals surface area contributed by atoms with Gasteiger partial charge in [-0.25, -0.2) is 15.0 Å². The molecule has 3 aromatic heterocycles. The van der Waals surface area contributed by atoms with Gasteiger partial charge in [-0.15, -0.1) is 0 Å². The first kappa shape index (κ1) is 17.8. The second-order valence-electron chi connectivity index (χ2n) is 8.05. The number of anilines is 1. The van der Waals surface area contributed by atoms with Crippen LogP contribution in [0.4, 0.5) is 5.82 Å². The van der Waals surface area contributed by atoms with Gasteiger partial charge >= 0.3 is 0 Å². The minimum absolute atomic E-state index is 0.384. The number of nitrogen functional groups attached to an aromatic ring is 1. The topological polar surface area (TPSA) is 116 Å². The zero-order valence-electron chi connectivity index (χ0n) is 16.2. The SMILES string of the molecule is N#Cc1cnc(N)c2c(-c3ncccn3)c(C3=CCC4(CCNCC4)CC3)[nH]c12. The number of nitrogens with two attached hydrogens (primary N) is 1. The predicted molar refractivity (Wildman–Crippen MR) is 113 cm³/mol. The molecule has 146 valence electrons. The highest BCUT2D eigenvalue weighted by Gasteiger charge is 2.34. The van der Waals surface area contributed by atoms with E-state index in [1.165, 1.54) is 31.0 Å². The highest BCUT2D eigenvalue weighted by Crippen LogP contribution is 2.47. The summed E-state index contributed by atoms with van der Waals surface area (Å²) in [4.78, 5) is 16.7. The summed E-state index contributed by atoms with van der Waals surface area (Å²) in [7, 11) is 0. The van der Waals surface area contributed by atoms with Gasteiger partial charge in [0.2, 0.25) is 0 Å². The minimum atomic E-state index is 0.384. The first-order chi connectivity index (χ1) is 14.2. The highest BCUT2D eigenvalue weighted by molar-refractivity contribution is 6.07. The molecule has 3 aromatic rings. The number of allylic oxidation sites excluding steroid dienone is 2. The van der Waals surface area contributed by atoms with Crippen molar-refractivity contribution in [3.05, 3.63) is 42.0 Å². The van der Waals surface area contributed by atoms with Crippen LogP contribution in [0.25, 0.3) is 27.9 Å². The first-order valence-electron chi connectivity index (χ1n) is 10.1. The van der Waals surface area contributed by atoms with E-state index < -0.39 is 0 Å². The zero-order valence-corrected chi connectivity index (χ0v) is 16.2. The van der Waals surface area contributed by atoms with Crippen LogP contribution in [-0.4, -0.2) is 33.0 Å². The van der Waals surface area contributed by atoms with Crippen molar-refractivity contribution in [2.24, 2.45) is 5.41 Å². The molecule has 1 aliphatic heterocycles. The Labute approximate surface area is 169 Å². The number of aromatic nitrogens is 4. The third-order valence-corrected chi connectivity index (χ3v) is 6.46. The molecular weight excluding hydrogens is 362 g/mol. The number of piperidine rings is 1. The van der Waals surface area contributed by atoms with Crippen LogP contribution in [0.2, 0.25) is 0 Å². The third kappa shape index (κ3) is 2.97. The lowest BCUT2D eigenvalue weighted by atomic mass is 9.69. The van der Waals surface area contributed by atoms with Crippen molar-refractivity contribution < 1.29 is 0 Å². The lowest BCUT2D eigenvalue weighted by Gasteiger charge is -2.40. The van der Waals surface area contributed by atoms with Crippen molar-refractivity contribution in [1.82, 2.24) is 25.3 Å². The van der Waals surface area contributed by atoms with Crippen LogP contribution < -0.4 is 11.1 Å². The van der Waals surface area contributed by atoms with Crippen LogP contribution in [0.15, 0.2) is 30.7 Å². The lowest BCUT2D eigenvalue weighted by molar-refractivity contribution is 0.184. The van der Waals surface area contributed by atoms with Crippen LogP contribution in [-0.2, 0) is 0 Å². The molecule has 0 aromatic carbocycles. The van der Waals surface area contributed by atoms with Gasteiger partial charge in [0.1, 0.15) is 11.9 Å². The fraction of sp³-hybridized carbons (Fsp3) is 0.364. The summed E-state index contributed by atoms with van der Waals surface area (Å²) in [5.74, 6) is 0.982. The van der Waals surface area contributed by atoms with E-state index in [-0.39, 0.29) is 0 Å². The van der Waals surface area contributed by atoms with Crippen molar-refractivity contribution in [2.75, 3.05) is 18.8 Å². The van der Waals surface area contributed by atoms with Gasteiger partial charge < -0.3 is 16.0 Å². The van der Waals surface area contributed by atoms with Crippen molar-refractivity contribution in [2.45, 2.75) is 32.1 Å². The molecular formula is C22H23N7. The number of rotatable bonds is 2. The number of hydrogen-bond donors (Lipinski definition) is 3. The van der Waals surface area contributed by atoms with Crippen molar-refractivity contribution >= 4 is 22.3 Å². The lowest BCUT2D eigenvalue weighted by Crippen LogP contribution is -2.37. The standard InChI is InChI=1S/C22H23N7/c23-12-15-13-28-20(24)16-17(21-26-8-1-9-27-21)18(29-19(15)16)14-2-4-22(5-3-14)6-10-25-11-7-22/h1-2,8-9,13,25,29H,3-7,10-11H2,(H2,24,28). The normalized spacial score (nSPS) is 18.5. The molecule has 7 nitrogen and oxygen atoms in total. The Bertz CT molecular complexity index is 1130. The molecule has 1 saturated heterocycles. The molecule has 0 amide bonds. The Morgan fingerprint density at radius 3 is 2.59 bits per heavy atom. The molecule has 5 rings (SSSR count). The molecule has 0 bridgehead atoms. The summed E-state index contributed by atoms with van der Waals surface area (Å²) < 4.78 is 0. The van der Waals surface area contributed by atoms with Gasteiger partial charge in [0.05, 0.1) is 27.7 Å². The molecule has 4 heterocycles. The van der Waals surface area contributed by atoms with Crippen LogP contribution in [0.5, 0.6) is 0 Å². The molecule has 0 radical (unpaired) electrons. The Morgan fingerprint density at radius 1 is 1.10 bits per heavy atom. The molecule has 7 heteroatoms. The van der Waals surface area contributed by atoms with Crippen molar-refractivity contribution in [3.63, 3.8) is 0 Å². The molecule has 0 saturated carbocycles. The zero-order chi connectivity index (χ0) is 19.8. The van der Waals surface area contributed by atoms with E-state index in [4.69, 9.17) is 5.73 Å². The van der Waals surface area contributed by atoms with Crippen molar-refractivity contribution in [1.29, 1.82) is 5.26 Å². The Morgan fingerprint density at radius 2 is 1.90 bits per heavy atom. The van der Waals surface area contributed by atoms with E-state index in [1.807, 2.05) is 0 Å². The molecule has 1 spiro atoms. The maximum atomic E-state index is 9.57. The van der Waals surface area contributed by atoms with Gasteiger partial charge in [-0.1, -0.05) is 6.08 Å². The Hall–Kier alpha value is -3.24. The predicted octanol–water partition coefficient (Wildman–Crippen LogP) is 3.41. The van der Waals surface area contributed by atoms with Gasteiger partial charge in [-0.2, -0.15) is 5.26 Å². The van der Waals surface area contributed by atoms with E-state index in [2.05, 4.69) is 37.4 Å². The van der Waals surface area contributed by atoms with Crippen molar-refractivity contribution in [3.8, 4) is 17.5 Å². The summed E-state index contributed by atoms with van der Waals surface area (Å²) >= 11 is 0. The summed E-state index contributed by atoms with van der Waals surface area (Å²) in [6.07, 6.45) is 13.0. The quantitative estimate of drug-likeness (QED) is 0.622. The molecule has 1 fully saturated rings. The van der Waals surface area contributed by atoms with Crippen LogP contribution >= 0.6 is 0 Å². The summed E-state index contributed by atoms with van der Waals surface area (Å²) in [6.45, 7) is 2.21. The number of hydrogen-bond acceptors (Lipinski definition) is 6. The molecule has 2 aliphatic rings. The van der Waals surface area contributed by atoms with Crippen LogP contribution in [0.1, 0.15) is 43.4 Å². The Balaban J connectivity index is 1.68. The van der Waals surface area contributed by atoms with E-state index >= 15 is 0 Å². The fourth-order valence-electron chi connectivity index (χ4n) is 4.78. The van der Waals surface area contributed by atoms with Crippen LogP contribution in [0.3, 0.4) is 0 Å². The van der Waals surface area contributed by atoms with Gasteiger partial charge in [0.15, 0.2) is 5.82 Å². The number of nitrogens with one attached hydrogen (secondary N) is 2. The number of nitriles is 1. The molecule has 29 heavy (non-hydrogen) atoms.